The van der Waals surface area contributed by atoms with Crippen LogP contribution in [0.15, 0.2) is 73.3 Å². The van der Waals surface area contributed by atoms with Gasteiger partial charge in [0.2, 0.25) is 0 Å². The highest BCUT2D eigenvalue weighted by Crippen LogP contribution is 2.38. The number of benzene rings is 2. The van der Waals surface area contributed by atoms with Crippen molar-refractivity contribution in [3.63, 3.8) is 0 Å². The lowest BCUT2D eigenvalue weighted by atomic mass is 10.1. The first-order valence-electron chi connectivity index (χ1n) is 12.2. The van der Waals surface area contributed by atoms with E-state index in [1.54, 1.807) is 37.8 Å². The van der Waals surface area contributed by atoms with Crippen molar-refractivity contribution in [3.05, 3.63) is 84.4 Å². The summed E-state index contributed by atoms with van der Waals surface area (Å²) in [6, 6.07) is 13.4. The van der Waals surface area contributed by atoms with Gasteiger partial charge in [-0.1, -0.05) is 12.1 Å². The Balaban J connectivity index is 1.46. The molecule has 0 saturated carbocycles. The molecule has 3 heterocycles. The Morgan fingerprint density at radius 3 is 2.83 bits per heavy atom. The zero-order chi connectivity index (χ0) is 28.1. The first-order valence-corrected chi connectivity index (χ1v) is 12.2. The van der Waals surface area contributed by atoms with E-state index in [1.165, 1.54) is 33.6 Å². The number of hydrogen-bond donors (Lipinski definition) is 3. The van der Waals surface area contributed by atoms with Crippen molar-refractivity contribution in [2.24, 2.45) is 7.05 Å². The SMILES string of the molecule is Cn1cc(NC(=O)c2cnn3cccnc23)c(-c2cc(Oc3cccc(CNCCO)c3)ccc2OC(F)F)n1. The molecule has 0 atom stereocenters. The van der Waals surface area contributed by atoms with Crippen LogP contribution in [0.3, 0.4) is 0 Å². The predicted molar refractivity (Wildman–Crippen MR) is 142 cm³/mol. The predicted octanol–water partition coefficient (Wildman–Crippen LogP) is 3.86. The fourth-order valence-corrected chi connectivity index (χ4v) is 4.08. The molecule has 0 fully saturated rings. The van der Waals surface area contributed by atoms with Crippen LogP contribution in [-0.2, 0) is 13.6 Å². The minimum Gasteiger partial charge on any atom is -0.457 e. The van der Waals surface area contributed by atoms with Crippen molar-refractivity contribution in [2.45, 2.75) is 13.2 Å². The smallest absolute Gasteiger partial charge is 0.387 e. The number of ether oxygens (including phenoxy) is 2. The Labute approximate surface area is 227 Å². The zero-order valence-electron chi connectivity index (χ0n) is 21.3. The van der Waals surface area contributed by atoms with Gasteiger partial charge in [-0.2, -0.15) is 19.0 Å². The zero-order valence-corrected chi connectivity index (χ0v) is 21.3. The highest BCUT2D eigenvalue weighted by molar-refractivity contribution is 6.09. The number of nitrogens with one attached hydrogen (secondary N) is 2. The number of aliphatic hydroxyl groups excluding tert-OH is 1. The van der Waals surface area contributed by atoms with Crippen molar-refractivity contribution in [2.75, 3.05) is 18.5 Å². The van der Waals surface area contributed by atoms with Gasteiger partial charge in [-0.25, -0.2) is 9.50 Å². The topological polar surface area (TPSA) is 128 Å². The number of aromatic nitrogens is 5. The molecule has 2 aromatic carbocycles. The molecule has 3 aromatic heterocycles. The lowest BCUT2D eigenvalue weighted by Gasteiger charge is -2.14. The number of aryl methyl sites for hydroxylation is 1. The van der Waals surface area contributed by atoms with Crippen molar-refractivity contribution in [3.8, 4) is 28.5 Å². The molecular formula is C27H25F2N7O4. The van der Waals surface area contributed by atoms with Gasteiger partial charge in [-0.15, -0.1) is 0 Å². The third-order valence-electron chi connectivity index (χ3n) is 5.77. The lowest BCUT2D eigenvalue weighted by molar-refractivity contribution is -0.0494. The molecule has 3 N–H and O–H groups in total. The maximum Gasteiger partial charge on any atom is 0.387 e. The van der Waals surface area contributed by atoms with Gasteiger partial charge in [-0.3, -0.25) is 9.48 Å². The molecule has 0 saturated heterocycles. The lowest BCUT2D eigenvalue weighted by Crippen LogP contribution is -2.17. The van der Waals surface area contributed by atoms with Gasteiger partial charge in [0.15, 0.2) is 5.65 Å². The molecule has 206 valence electrons. The Bertz CT molecular complexity index is 1640. The van der Waals surface area contributed by atoms with Crippen LogP contribution in [-0.4, -0.2) is 55.2 Å². The Morgan fingerprint density at radius 1 is 1.15 bits per heavy atom. The number of halogens is 2. The van der Waals surface area contributed by atoms with Gasteiger partial charge in [0.1, 0.15) is 28.5 Å². The van der Waals surface area contributed by atoms with E-state index in [1.807, 2.05) is 18.2 Å². The van der Waals surface area contributed by atoms with E-state index in [4.69, 9.17) is 14.6 Å². The molecular weight excluding hydrogens is 524 g/mol. The third kappa shape index (κ3) is 6.06. The number of amides is 1. The second-order valence-corrected chi connectivity index (χ2v) is 8.65. The summed E-state index contributed by atoms with van der Waals surface area (Å²) in [5.41, 5.74) is 2.16. The maximum atomic E-state index is 13.3. The van der Waals surface area contributed by atoms with Crippen LogP contribution < -0.4 is 20.1 Å². The van der Waals surface area contributed by atoms with E-state index >= 15 is 0 Å². The number of hydrogen-bond acceptors (Lipinski definition) is 8. The average Bonchev–Trinajstić information content (AvgIpc) is 3.53. The van der Waals surface area contributed by atoms with Crippen LogP contribution in [0, 0.1) is 0 Å². The fourth-order valence-electron chi connectivity index (χ4n) is 4.08. The van der Waals surface area contributed by atoms with Crippen molar-refractivity contribution in [1.29, 1.82) is 0 Å². The Kier molecular flexibility index (Phi) is 7.94. The number of carbonyl (C=O) groups excluding carboxylic acids is 1. The van der Waals surface area contributed by atoms with Crippen LogP contribution in [0.2, 0.25) is 0 Å². The number of carbonyl (C=O) groups is 1. The van der Waals surface area contributed by atoms with Gasteiger partial charge in [-0.05, 0) is 42.0 Å². The monoisotopic (exact) mass is 549 g/mol. The van der Waals surface area contributed by atoms with Gasteiger partial charge in [0, 0.05) is 38.7 Å². The molecule has 40 heavy (non-hydrogen) atoms. The largest absolute Gasteiger partial charge is 0.457 e. The third-order valence-corrected chi connectivity index (χ3v) is 5.77. The average molecular weight is 550 g/mol. The van der Waals surface area contributed by atoms with E-state index < -0.39 is 12.5 Å². The molecule has 5 aromatic rings. The van der Waals surface area contributed by atoms with Crippen molar-refractivity contribution >= 4 is 17.2 Å². The molecule has 0 spiro atoms. The molecule has 0 aliphatic rings. The highest BCUT2D eigenvalue weighted by Gasteiger charge is 2.22. The van der Waals surface area contributed by atoms with Crippen LogP contribution in [0.1, 0.15) is 15.9 Å². The maximum absolute atomic E-state index is 13.3. The molecule has 13 heteroatoms. The summed E-state index contributed by atoms with van der Waals surface area (Å²) in [4.78, 5) is 17.3. The van der Waals surface area contributed by atoms with E-state index in [-0.39, 0.29) is 34.9 Å². The number of alkyl halides is 2. The minimum absolute atomic E-state index is 0.0258. The summed E-state index contributed by atoms with van der Waals surface area (Å²) in [5, 5.41) is 23.4. The number of rotatable bonds is 11. The van der Waals surface area contributed by atoms with Gasteiger partial charge >= 0.3 is 6.61 Å². The summed E-state index contributed by atoms with van der Waals surface area (Å²) in [6.45, 7) is -2.07. The summed E-state index contributed by atoms with van der Waals surface area (Å²) in [6.07, 6.45) is 6.15. The first kappa shape index (κ1) is 26.7. The molecule has 0 radical (unpaired) electrons. The summed E-state index contributed by atoms with van der Waals surface area (Å²) in [7, 11) is 1.64. The molecule has 11 nitrogen and oxygen atoms in total. The van der Waals surface area contributed by atoms with Gasteiger partial charge < -0.3 is 25.2 Å². The standard InChI is InChI=1S/C27H25F2N7O4/c1-35-16-22(33-26(38)21-15-32-36-10-3-8-31-25(21)36)24(34-35)20-13-19(6-7-23(20)40-27(28)29)39-18-5-2-4-17(12-18)14-30-9-11-37/h2-8,10,12-13,15-16,27,30,37H,9,11,14H2,1H3,(H,33,38). The number of anilines is 1. The number of aliphatic hydroxyl groups is 1. The van der Waals surface area contributed by atoms with E-state index in [9.17, 15) is 13.6 Å². The highest BCUT2D eigenvalue weighted by atomic mass is 19.3. The van der Waals surface area contributed by atoms with E-state index in [0.717, 1.165) is 5.56 Å². The number of nitrogens with zero attached hydrogens (tertiary/aromatic N) is 5. The summed E-state index contributed by atoms with van der Waals surface area (Å²) < 4.78 is 40.3. The van der Waals surface area contributed by atoms with Crippen LogP contribution >= 0.6 is 0 Å². The quantitative estimate of drug-likeness (QED) is 0.212. The summed E-state index contributed by atoms with van der Waals surface area (Å²) in [5.74, 6) is 0.216. The summed E-state index contributed by atoms with van der Waals surface area (Å²) >= 11 is 0. The van der Waals surface area contributed by atoms with Crippen LogP contribution in [0.25, 0.3) is 16.9 Å². The normalized spacial score (nSPS) is 11.2. The van der Waals surface area contributed by atoms with Crippen LogP contribution in [0.4, 0.5) is 14.5 Å². The molecule has 0 aliphatic heterocycles. The van der Waals surface area contributed by atoms with E-state index in [2.05, 4.69) is 25.8 Å². The molecule has 0 bridgehead atoms. The molecule has 5 rings (SSSR count). The fraction of sp³-hybridized carbons (Fsp3) is 0.185. The second-order valence-electron chi connectivity index (χ2n) is 8.65. The number of fused-ring (bicyclic) bond motifs is 1. The Morgan fingerprint density at radius 2 is 2.00 bits per heavy atom. The van der Waals surface area contributed by atoms with Crippen LogP contribution in [0.5, 0.6) is 17.2 Å². The molecule has 0 unspecified atom stereocenters. The van der Waals surface area contributed by atoms with Crippen molar-refractivity contribution in [1.82, 2.24) is 29.7 Å². The Hall–Kier alpha value is -4.88. The van der Waals surface area contributed by atoms with Gasteiger partial charge in [0.25, 0.3) is 5.91 Å². The minimum atomic E-state index is -3.08. The van der Waals surface area contributed by atoms with Crippen molar-refractivity contribution < 1.29 is 28.2 Å². The van der Waals surface area contributed by atoms with E-state index in [0.29, 0.717) is 30.2 Å². The van der Waals surface area contributed by atoms with Gasteiger partial charge in [0.05, 0.1) is 24.1 Å². The molecule has 0 aliphatic carbocycles. The first-order chi connectivity index (χ1) is 19.4. The molecule has 1 amide bonds. The second kappa shape index (κ2) is 11.9.